The summed E-state index contributed by atoms with van der Waals surface area (Å²) < 4.78 is 15.8. The number of thiazole rings is 1. The molecule has 3 aromatic rings. The molecule has 1 amide bonds. The molecule has 0 fully saturated rings. The lowest BCUT2D eigenvalue weighted by Gasteiger charge is -2.07. The highest BCUT2D eigenvalue weighted by molar-refractivity contribution is 7.14. The number of amides is 1. The summed E-state index contributed by atoms with van der Waals surface area (Å²) in [5, 5.41) is 13.3. The van der Waals surface area contributed by atoms with E-state index in [9.17, 15) is 9.18 Å². The van der Waals surface area contributed by atoms with Gasteiger partial charge in [0.2, 0.25) is 6.10 Å². The first-order valence-electron chi connectivity index (χ1n) is 8.51. The number of hydrogen-bond donors (Lipinski definition) is 1. The Morgan fingerprint density at radius 2 is 2.36 bits per heavy atom. The Kier molecular flexibility index (Phi) is 5.10. The van der Waals surface area contributed by atoms with Crippen molar-refractivity contribution in [2.45, 2.75) is 26.0 Å². The molecule has 0 radical (unpaired) electrons. The summed E-state index contributed by atoms with van der Waals surface area (Å²) in [5.74, 6) is -0.913. The number of hydrogen-bond acceptors (Lipinski definition) is 6. The Morgan fingerprint density at radius 3 is 3.11 bits per heavy atom. The van der Waals surface area contributed by atoms with E-state index in [1.807, 2.05) is 18.5 Å². The predicted molar refractivity (Wildman–Crippen MR) is 105 cm³/mol. The summed E-state index contributed by atoms with van der Waals surface area (Å²) in [6.07, 6.45) is 2.86. The topological polar surface area (TPSA) is 81.4 Å². The van der Waals surface area contributed by atoms with Crippen LogP contribution >= 0.6 is 22.9 Å². The molecule has 10 heteroatoms. The average molecular weight is 420 g/mol. The largest absolute Gasteiger partial charge is 0.382 e. The smallest absolute Gasteiger partial charge is 0.270 e. The van der Waals surface area contributed by atoms with Crippen LogP contribution in [-0.4, -0.2) is 32.5 Å². The molecule has 1 aliphatic rings. The third-order valence-electron chi connectivity index (χ3n) is 4.20. The van der Waals surface area contributed by atoms with E-state index in [0.717, 1.165) is 17.8 Å². The molecule has 1 aromatic carbocycles. The van der Waals surface area contributed by atoms with Gasteiger partial charge >= 0.3 is 0 Å². The van der Waals surface area contributed by atoms with Crippen molar-refractivity contribution in [3.05, 3.63) is 52.4 Å². The minimum absolute atomic E-state index is 0.119. The number of nitrogens with zero attached hydrogens (tertiary/aromatic N) is 4. The fourth-order valence-corrected chi connectivity index (χ4v) is 3.75. The first-order chi connectivity index (χ1) is 13.5. The maximum Gasteiger partial charge on any atom is 0.270 e. The highest BCUT2D eigenvalue weighted by Crippen LogP contribution is 2.27. The zero-order valence-corrected chi connectivity index (χ0v) is 16.3. The summed E-state index contributed by atoms with van der Waals surface area (Å²) in [4.78, 5) is 22.1. The molecule has 0 saturated carbocycles. The van der Waals surface area contributed by atoms with Gasteiger partial charge in [-0.15, -0.1) is 11.3 Å². The molecule has 0 bridgehead atoms. The van der Waals surface area contributed by atoms with Gasteiger partial charge in [-0.1, -0.05) is 22.8 Å². The third kappa shape index (κ3) is 3.63. The van der Waals surface area contributed by atoms with Crippen LogP contribution in [0.15, 0.2) is 41.1 Å². The first kappa shape index (κ1) is 18.6. The Morgan fingerprint density at radius 1 is 1.50 bits per heavy atom. The Bertz CT molecular complexity index is 1040. The van der Waals surface area contributed by atoms with E-state index in [2.05, 4.69) is 20.6 Å². The van der Waals surface area contributed by atoms with E-state index in [0.29, 0.717) is 10.8 Å². The molecule has 3 heterocycles. The van der Waals surface area contributed by atoms with E-state index in [4.69, 9.17) is 16.4 Å². The minimum atomic E-state index is -0.874. The van der Waals surface area contributed by atoms with Crippen LogP contribution in [0, 0.1) is 5.82 Å². The van der Waals surface area contributed by atoms with Crippen molar-refractivity contribution in [2.24, 2.45) is 5.16 Å². The number of aromatic nitrogens is 3. The maximum absolute atomic E-state index is 14.0. The lowest BCUT2D eigenvalue weighted by Crippen LogP contribution is -2.28. The van der Waals surface area contributed by atoms with Crippen molar-refractivity contribution in [1.82, 2.24) is 14.8 Å². The van der Waals surface area contributed by atoms with Crippen LogP contribution in [-0.2, 0) is 16.2 Å². The quantitative estimate of drug-likeness (QED) is 0.678. The number of oxime groups is 1. The van der Waals surface area contributed by atoms with Crippen molar-refractivity contribution in [3.63, 3.8) is 0 Å². The van der Waals surface area contributed by atoms with E-state index < -0.39 is 17.8 Å². The molecule has 7 nitrogen and oxygen atoms in total. The molecular weight excluding hydrogens is 405 g/mol. The van der Waals surface area contributed by atoms with Crippen molar-refractivity contribution < 1.29 is 14.0 Å². The maximum atomic E-state index is 14.0. The Labute approximate surface area is 168 Å². The second-order valence-corrected chi connectivity index (χ2v) is 7.31. The fourth-order valence-electron chi connectivity index (χ4n) is 2.76. The molecule has 0 aliphatic carbocycles. The summed E-state index contributed by atoms with van der Waals surface area (Å²) >= 11 is 7.34. The van der Waals surface area contributed by atoms with Crippen molar-refractivity contribution in [2.75, 3.05) is 5.32 Å². The molecule has 144 valence electrons. The van der Waals surface area contributed by atoms with Crippen molar-refractivity contribution >= 4 is 39.7 Å². The number of nitrogens with one attached hydrogen (secondary N) is 1. The number of carbonyl (C=O) groups excluding carboxylic acids is 1. The number of anilines is 1. The fraction of sp³-hybridized carbons (Fsp3) is 0.222. The molecule has 28 heavy (non-hydrogen) atoms. The molecule has 1 unspecified atom stereocenters. The molecule has 1 atom stereocenters. The summed E-state index contributed by atoms with van der Waals surface area (Å²) in [5.41, 5.74) is 2.05. The first-order valence-corrected chi connectivity index (χ1v) is 9.77. The number of aryl methyl sites for hydroxylation is 1. The van der Waals surface area contributed by atoms with E-state index in [1.54, 1.807) is 16.9 Å². The van der Waals surface area contributed by atoms with Crippen LogP contribution in [0.4, 0.5) is 9.52 Å². The molecule has 1 N–H and O–H groups in total. The van der Waals surface area contributed by atoms with Gasteiger partial charge in [0.25, 0.3) is 5.91 Å². The average Bonchev–Trinajstić information content (AvgIpc) is 3.42. The van der Waals surface area contributed by atoms with Crippen LogP contribution in [0.2, 0.25) is 5.02 Å². The zero-order valence-electron chi connectivity index (χ0n) is 14.7. The molecular formula is C18H15ClFN5O2S. The summed E-state index contributed by atoms with van der Waals surface area (Å²) in [6.45, 7) is 2.76. The molecule has 0 spiro atoms. The number of benzene rings is 1. The van der Waals surface area contributed by atoms with E-state index in [-0.39, 0.29) is 17.0 Å². The second kappa shape index (κ2) is 7.69. The second-order valence-electron chi connectivity index (χ2n) is 6.04. The molecule has 0 saturated heterocycles. The highest BCUT2D eigenvalue weighted by Gasteiger charge is 2.31. The van der Waals surface area contributed by atoms with Gasteiger partial charge < -0.3 is 4.84 Å². The number of halogens is 2. The van der Waals surface area contributed by atoms with Gasteiger partial charge in [-0.05, 0) is 19.1 Å². The Balaban J connectivity index is 1.42. The van der Waals surface area contributed by atoms with Gasteiger partial charge in [-0.25, -0.2) is 9.37 Å². The summed E-state index contributed by atoms with van der Waals surface area (Å²) in [6, 6.07) is 4.36. The van der Waals surface area contributed by atoms with Gasteiger partial charge in [0.15, 0.2) is 5.13 Å². The molecule has 1 aliphatic heterocycles. The third-order valence-corrected chi connectivity index (χ3v) is 5.27. The van der Waals surface area contributed by atoms with Crippen molar-refractivity contribution in [3.8, 4) is 11.3 Å². The van der Waals surface area contributed by atoms with Crippen LogP contribution in [0.5, 0.6) is 0 Å². The number of carbonyl (C=O) groups is 1. The van der Waals surface area contributed by atoms with Crippen LogP contribution in [0.3, 0.4) is 0 Å². The lowest BCUT2D eigenvalue weighted by atomic mass is 10.0. The SMILES string of the molecule is CCn1cc(-c2csc(NC(=O)C3CC(c4c(F)cccc4Cl)=NO3)n2)cn1. The van der Waals surface area contributed by atoms with Gasteiger partial charge in [0.05, 0.1) is 28.2 Å². The standard InChI is InChI=1S/C18H15ClFN5O2S/c1-2-25-8-10(7-21-25)14-9-28-18(22-14)23-17(26)15-6-13(24-27-15)16-11(19)4-3-5-12(16)20/h3-5,7-9,15H,2,6H2,1H3,(H,22,23,26). The van der Waals surface area contributed by atoms with E-state index in [1.165, 1.54) is 23.5 Å². The highest BCUT2D eigenvalue weighted by atomic mass is 35.5. The molecule has 2 aromatic heterocycles. The predicted octanol–water partition coefficient (Wildman–Crippen LogP) is 3.95. The van der Waals surface area contributed by atoms with Crippen LogP contribution < -0.4 is 5.32 Å². The van der Waals surface area contributed by atoms with Gasteiger partial charge in [0, 0.05) is 30.1 Å². The van der Waals surface area contributed by atoms with Crippen LogP contribution in [0.25, 0.3) is 11.3 Å². The minimum Gasteiger partial charge on any atom is -0.382 e. The van der Waals surface area contributed by atoms with Crippen molar-refractivity contribution in [1.29, 1.82) is 0 Å². The normalized spacial score (nSPS) is 16.0. The lowest BCUT2D eigenvalue weighted by molar-refractivity contribution is -0.125. The van der Waals surface area contributed by atoms with Crippen LogP contribution in [0.1, 0.15) is 18.9 Å². The van der Waals surface area contributed by atoms with Gasteiger partial charge in [0.1, 0.15) is 5.82 Å². The van der Waals surface area contributed by atoms with E-state index >= 15 is 0 Å². The monoisotopic (exact) mass is 419 g/mol. The zero-order chi connectivity index (χ0) is 19.7. The summed E-state index contributed by atoms with van der Waals surface area (Å²) in [7, 11) is 0. The van der Waals surface area contributed by atoms with Gasteiger partial charge in [-0.2, -0.15) is 5.10 Å². The number of rotatable bonds is 5. The van der Waals surface area contributed by atoms with Gasteiger partial charge in [-0.3, -0.25) is 14.8 Å². The molecule has 4 rings (SSSR count). The Hall–Kier alpha value is -2.78.